The van der Waals surface area contributed by atoms with Gasteiger partial charge in [0.25, 0.3) is 5.91 Å². The lowest BCUT2D eigenvalue weighted by molar-refractivity contribution is -0.146. The quantitative estimate of drug-likeness (QED) is 0.664. The SMILES string of the molecule is CC(C)(CNC(=O)c1nc(C#N)c2cc(OC3CCCCC3)ccc2c1O)C(=O)O. The molecule has 8 nitrogen and oxygen atoms in total. The molecule has 0 spiro atoms. The van der Waals surface area contributed by atoms with Crippen molar-refractivity contribution < 1.29 is 24.5 Å². The number of nitrogens with zero attached hydrogens (tertiary/aromatic N) is 2. The van der Waals surface area contributed by atoms with Crippen molar-refractivity contribution in [2.45, 2.75) is 52.1 Å². The number of carbonyl (C=O) groups is 2. The number of carbonyl (C=O) groups excluding carboxylic acids is 1. The number of aliphatic carboxylic acids is 1. The molecule has 1 saturated carbocycles. The van der Waals surface area contributed by atoms with Crippen molar-refractivity contribution >= 4 is 22.6 Å². The molecule has 1 aromatic carbocycles. The minimum atomic E-state index is -1.19. The Labute approximate surface area is 174 Å². The Kier molecular flexibility index (Phi) is 6.11. The Morgan fingerprint density at radius 2 is 1.97 bits per heavy atom. The third kappa shape index (κ3) is 4.46. The van der Waals surface area contributed by atoms with Crippen molar-refractivity contribution in [2.24, 2.45) is 5.41 Å². The maximum absolute atomic E-state index is 12.5. The summed E-state index contributed by atoms with van der Waals surface area (Å²) in [5, 5.41) is 32.5. The Morgan fingerprint density at radius 1 is 1.27 bits per heavy atom. The van der Waals surface area contributed by atoms with Gasteiger partial charge in [0.15, 0.2) is 11.4 Å². The first-order chi connectivity index (χ1) is 14.2. The van der Waals surface area contributed by atoms with Crippen LogP contribution >= 0.6 is 0 Å². The molecule has 8 heteroatoms. The highest BCUT2D eigenvalue weighted by atomic mass is 16.5. The number of rotatable bonds is 6. The first kappa shape index (κ1) is 21.4. The predicted molar refractivity (Wildman–Crippen MR) is 109 cm³/mol. The van der Waals surface area contributed by atoms with E-state index in [1.807, 2.05) is 6.07 Å². The van der Waals surface area contributed by atoms with Gasteiger partial charge in [-0.2, -0.15) is 5.26 Å². The first-order valence-electron chi connectivity index (χ1n) is 9.98. The monoisotopic (exact) mass is 411 g/mol. The normalized spacial score (nSPS) is 14.8. The van der Waals surface area contributed by atoms with E-state index in [0.29, 0.717) is 16.5 Å². The van der Waals surface area contributed by atoms with Crippen LogP contribution in [0.5, 0.6) is 11.5 Å². The number of benzene rings is 1. The number of fused-ring (bicyclic) bond motifs is 1. The van der Waals surface area contributed by atoms with Crippen molar-refractivity contribution in [3.05, 3.63) is 29.6 Å². The molecule has 0 atom stereocenters. The highest BCUT2D eigenvalue weighted by molar-refractivity contribution is 6.03. The van der Waals surface area contributed by atoms with Crippen molar-refractivity contribution in [3.8, 4) is 17.6 Å². The number of pyridine rings is 1. The summed E-state index contributed by atoms with van der Waals surface area (Å²) in [4.78, 5) is 27.8. The van der Waals surface area contributed by atoms with Gasteiger partial charge < -0.3 is 20.3 Å². The van der Waals surface area contributed by atoms with Crippen LogP contribution in [0.3, 0.4) is 0 Å². The van der Waals surface area contributed by atoms with Crippen molar-refractivity contribution in [1.82, 2.24) is 10.3 Å². The number of aromatic nitrogens is 1. The Morgan fingerprint density at radius 3 is 2.60 bits per heavy atom. The molecule has 158 valence electrons. The molecule has 0 radical (unpaired) electrons. The van der Waals surface area contributed by atoms with Crippen LogP contribution in [0.4, 0.5) is 0 Å². The van der Waals surface area contributed by atoms with Gasteiger partial charge in [-0.05, 0) is 57.7 Å². The molecule has 0 bridgehead atoms. The number of nitrogens with one attached hydrogen (secondary N) is 1. The van der Waals surface area contributed by atoms with Gasteiger partial charge in [0.1, 0.15) is 17.5 Å². The molecule has 1 aromatic heterocycles. The number of hydrogen-bond donors (Lipinski definition) is 3. The number of aromatic hydroxyl groups is 1. The maximum Gasteiger partial charge on any atom is 0.310 e. The van der Waals surface area contributed by atoms with Crippen molar-refractivity contribution in [2.75, 3.05) is 6.54 Å². The molecule has 1 amide bonds. The van der Waals surface area contributed by atoms with Crippen LogP contribution in [0, 0.1) is 16.7 Å². The van der Waals surface area contributed by atoms with Crippen LogP contribution in [-0.2, 0) is 4.79 Å². The van der Waals surface area contributed by atoms with E-state index in [9.17, 15) is 25.1 Å². The molecule has 0 unspecified atom stereocenters. The minimum Gasteiger partial charge on any atom is -0.505 e. The van der Waals surface area contributed by atoms with E-state index in [2.05, 4.69) is 10.3 Å². The molecule has 0 saturated heterocycles. The second-order valence-corrected chi connectivity index (χ2v) is 8.23. The lowest BCUT2D eigenvalue weighted by Crippen LogP contribution is -2.39. The highest BCUT2D eigenvalue weighted by Crippen LogP contribution is 2.33. The van der Waals surface area contributed by atoms with E-state index in [4.69, 9.17) is 4.74 Å². The summed E-state index contributed by atoms with van der Waals surface area (Å²) in [5.41, 5.74) is -1.52. The fourth-order valence-electron chi connectivity index (χ4n) is 3.43. The average Bonchev–Trinajstić information content (AvgIpc) is 2.73. The summed E-state index contributed by atoms with van der Waals surface area (Å²) < 4.78 is 6.03. The minimum absolute atomic E-state index is 0.0143. The summed E-state index contributed by atoms with van der Waals surface area (Å²) in [7, 11) is 0. The molecule has 1 fully saturated rings. The van der Waals surface area contributed by atoms with E-state index in [-0.39, 0.29) is 29.8 Å². The van der Waals surface area contributed by atoms with Gasteiger partial charge in [0.05, 0.1) is 11.5 Å². The summed E-state index contributed by atoms with van der Waals surface area (Å²) in [6.45, 7) is 2.78. The van der Waals surface area contributed by atoms with Crippen LogP contribution in [-0.4, -0.2) is 39.7 Å². The van der Waals surface area contributed by atoms with E-state index in [1.165, 1.54) is 20.3 Å². The Bertz CT molecular complexity index is 1020. The lowest BCUT2D eigenvalue weighted by Gasteiger charge is -2.23. The molecule has 2 aromatic rings. The fraction of sp³-hybridized carbons (Fsp3) is 0.455. The topological polar surface area (TPSA) is 133 Å². The molecule has 1 heterocycles. The summed E-state index contributed by atoms with van der Waals surface area (Å²) >= 11 is 0. The summed E-state index contributed by atoms with van der Waals surface area (Å²) in [6, 6.07) is 6.92. The summed E-state index contributed by atoms with van der Waals surface area (Å²) in [5.74, 6) is -1.59. The van der Waals surface area contributed by atoms with Crippen molar-refractivity contribution in [3.63, 3.8) is 0 Å². The number of carboxylic acid groups (broad SMARTS) is 1. The zero-order valence-electron chi connectivity index (χ0n) is 17.1. The lowest BCUT2D eigenvalue weighted by atomic mass is 9.94. The number of ether oxygens (including phenoxy) is 1. The number of nitriles is 1. The number of amides is 1. The van der Waals surface area contributed by atoms with Crippen molar-refractivity contribution in [1.29, 1.82) is 5.26 Å². The molecule has 0 aliphatic heterocycles. The van der Waals surface area contributed by atoms with Gasteiger partial charge >= 0.3 is 5.97 Å². The van der Waals surface area contributed by atoms with Crippen LogP contribution in [0.2, 0.25) is 0 Å². The Balaban J connectivity index is 1.89. The second-order valence-electron chi connectivity index (χ2n) is 8.23. The van der Waals surface area contributed by atoms with Crippen LogP contribution in [0.15, 0.2) is 18.2 Å². The first-order valence-corrected chi connectivity index (χ1v) is 9.98. The van der Waals surface area contributed by atoms with Crippen LogP contribution in [0.25, 0.3) is 10.8 Å². The third-order valence-corrected chi connectivity index (χ3v) is 5.39. The highest BCUT2D eigenvalue weighted by Gasteiger charge is 2.29. The predicted octanol–water partition coefficient (Wildman–Crippen LogP) is 3.36. The van der Waals surface area contributed by atoms with Crippen LogP contribution in [0.1, 0.15) is 62.1 Å². The van der Waals surface area contributed by atoms with Gasteiger partial charge in [-0.25, -0.2) is 4.98 Å². The van der Waals surface area contributed by atoms with Gasteiger partial charge in [-0.1, -0.05) is 6.42 Å². The molecule has 1 aliphatic rings. The molecular formula is C22H25N3O5. The molecular weight excluding hydrogens is 386 g/mol. The smallest absolute Gasteiger partial charge is 0.310 e. The third-order valence-electron chi connectivity index (χ3n) is 5.39. The van der Waals surface area contributed by atoms with Gasteiger partial charge in [0.2, 0.25) is 0 Å². The molecule has 1 aliphatic carbocycles. The standard InChI is InChI=1S/C22H25N3O5/c1-22(2,21(28)29)12-24-20(27)18-19(26)15-9-8-14(10-16(15)17(11-23)25-18)30-13-6-4-3-5-7-13/h8-10,13,26H,3-7,12H2,1-2H3,(H,24,27)(H,28,29). The average molecular weight is 411 g/mol. The number of hydrogen-bond acceptors (Lipinski definition) is 6. The van der Waals surface area contributed by atoms with Gasteiger partial charge in [0, 0.05) is 17.3 Å². The van der Waals surface area contributed by atoms with Gasteiger partial charge in [-0.3, -0.25) is 9.59 Å². The maximum atomic E-state index is 12.5. The second kappa shape index (κ2) is 8.57. The zero-order chi connectivity index (χ0) is 21.9. The summed E-state index contributed by atoms with van der Waals surface area (Å²) in [6.07, 6.45) is 5.56. The van der Waals surface area contributed by atoms with Gasteiger partial charge in [-0.15, -0.1) is 0 Å². The zero-order valence-corrected chi connectivity index (χ0v) is 17.1. The van der Waals surface area contributed by atoms with E-state index >= 15 is 0 Å². The van der Waals surface area contributed by atoms with E-state index in [1.54, 1.807) is 18.2 Å². The largest absolute Gasteiger partial charge is 0.505 e. The van der Waals surface area contributed by atoms with Crippen LogP contribution < -0.4 is 10.1 Å². The van der Waals surface area contributed by atoms with E-state index < -0.39 is 17.3 Å². The van der Waals surface area contributed by atoms with E-state index in [0.717, 1.165) is 25.7 Å². The molecule has 3 N–H and O–H groups in total. The number of carboxylic acids is 1. The fourth-order valence-corrected chi connectivity index (χ4v) is 3.43. The molecule has 3 rings (SSSR count). The molecule has 30 heavy (non-hydrogen) atoms. The Hall–Kier alpha value is -3.34.